The minimum absolute atomic E-state index is 0.0734. The summed E-state index contributed by atoms with van der Waals surface area (Å²) in [5, 5.41) is 4.21. The molecule has 1 saturated heterocycles. The minimum atomic E-state index is 0.0734. The number of aromatic nitrogens is 1. The second-order valence-corrected chi connectivity index (χ2v) is 8.08. The molecule has 0 aliphatic carbocycles. The molecule has 0 spiro atoms. The van der Waals surface area contributed by atoms with Crippen LogP contribution in [0.5, 0.6) is 5.75 Å². The van der Waals surface area contributed by atoms with Gasteiger partial charge in [-0.15, -0.1) is 0 Å². The van der Waals surface area contributed by atoms with Crippen molar-refractivity contribution in [2.45, 2.75) is 32.6 Å². The number of piperidine rings is 1. The van der Waals surface area contributed by atoms with Crippen molar-refractivity contribution in [3.05, 3.63) is 60.2 Å². The molecule has 0 radical (unpaired) electrons. The molecule has 5 nitrogen and oxygen atoms in total. The molecule has 0 saturated carbocycles. The summed E-state index contributed by atoms with van der Waals surface area (Å²) in [4.78, 5) is 19.7. The maximum Gasteiger partial charge on any atom is 0.224 e. The fourth-order valence-corrected chi connectivity index (χ4v) is 4.19. The monoisotopic (exact) mass is 403 g/mol. The zero-order valence-corrected chi connectivity index (χ0v) is 17.7. The van der Waals surface area contributed by atoms with Crippen molar-refractivity contribution in [3.8, 4) is 5.75 Å². The summed E-state index contributed by atoms with van der Waals surface area (Å²) >= 11 is 0. The molecular formula is C25H29N3O2. The number of benzene rings is 2. The van der Waals surface area contributed by atoms with E-state index in [0.29, 0.717) is 12.3 Å². The van der Waals surface area contributed by atoms with Gasteiger partial charge in [-0.25, -0.2) is 4.98 Å². The third-order valence-electron chi connectivity index (χ3n) is 5.91. The molecule has 0 bridgehead atoms. The predicted octanol–water partition coefficient (Wildman–Crippen LogP) is 5.19. The molecule has 1 aliphatic heterocycles. The lowest BCUT2D eigenvalue weighted by molar-refractivity contribution is -0.116. The Kier molecular flexibility index (Phi) is 6.17. The Morgan fingerprint density at radius 3 is 2.90 bits per heavy atom. The van der Waals surface area contributed by atoms with Gasteiger partial charge < -0.3 is 15.0 Å². The Morgan fingerprint density at radius 2 is 2.07 bits per heavy atom. The Morgan fingerprint density at radius 1 is 1.20 bits per heavy atom. The van der Waals surface area contributed by atoms with Crippen LogP contribution in [0.15, 0.2) is 54.6 Å². The highest BCUT2D eigenvalue weighted by atomic mass is 16.5. The average molecular weight is 404 g/mol. The maximum absolute atomic E-state index is 12.5. The molecule has 30 heavy (non-hydrogen) atoms. The maximum atomic E-state index is 12.5. The van der Waals surface area contributed by atoms with Crippen LogP contribution in [0.1, 0.15) is 31.2 Å². The minimum Gasteiger partial charge on any atom is -0.497 e. The second kappa shape index (κ2) is 9.16. The largest absolute Gasteiger partial charge is 0.497 e. The molecule has 1 fully saturated rings. The van der Waals surface area contributed by atoms with Gasteiger partial charge in [-0.1, -0.05) is 18.2 Å². The van der Waals surface area contributed by atoms with Gasteiger partial charge >= 0.3 is 0 Å². The van der Waals surface area contributed by atoms with Crippen LogP contribution in [0.25, 0.3) is 10.9 Å². The molecule has 1 aliphatic rings. The van der Waals surface area contributed by atoms with E-state index in [2.05, 4.69) is 34.5 Å². The van der Waals surface area contributed by atoms with E-state index >= 15 is 0 Å². The number of ether oxygens (including phenoxy) is 1. The summed E-state index contributed by atoms with van der Waals surface area (Å²) in [7, 11) is 1.65. The van der Waals surface area contributed by atoms with Crippen LogP contribution in [0.4, 0.5) is 11.5 Å². The molecule has 1 atom stereocenters. The molecule has 1 unspecified atom stereocenters. The van der Waals surface area contributed by atoms with Gasteiger partial charge in [0.05, 0.1) is 12.6 Å². The number of rotatable bonds is 6. The Balaban J connectivity index is 1.33. The van der Waals surface area contributed by atoms with Crippen molar-refractivity contribution in [1.82, 2.24) is 4.98 Å². The molecule has 1 aromatic heterocycles. The Bertz CT molecular complexity index is 1030. The molecule has 2 aromatic carbocycles. The van der Waals surface area contributed by atoms with Crippen LogP contribution >= 0.6 is 0 Å². The van der Waals surface area contributed by atoms with Crippen LogP contribution in [-0.4, -0.2) is 31.1 Å². The SMILES string of the molecule is COc1ccc(NC(=O)CCC2CCCN(c3ccc4ccccc4n3)C2)c(C)c1. The Labute approximate surface area is 178 Å². The summed E-state index contributed by atoms with van der Waals surface area (Å²) in [5.41, 5.74) is 2.90. The zero-order valence-electron chi connectivity index (χ0n) is 17.7. The number of hydrogen-bond acceptors (Lipinski definition) is 4. The van der Waals surface area contributed by atoms with Crippen molar-refractivity contribution in [1.29, 1.82) is 0 Å². The summed E-state index contributed by atoms with van der Waals surface area (Å²) in [6, 6.07) is 18.2. The number of carbonyl (C=O) groups is 1. The number of amides is 1. The molecule has 1 amide bonds. The van der Waals surface area contributed by atoms with E-state index in [-0.39, 0.29) is 5.91 Å². The summed E-state index contributed by atoms with van der Waals surface area (Å²) < 4.78 is 5.23. The fourth-order valence-electron chi connectivity index (χ4n) is 4.19. The van der Waals surface area contributed by atoms with Crippen molar-refractivity contribution in [2.75, 3.05) is 30.4 Å². The lowest BCUT2D eigenvalue weighted by atomic mass is 9.93. The molecule has 1 N–H and O–H groups in total. The highest BCUT2D eigenvalue weighted by molar-refractivity contribution is 5.91. The highest BCUT2D eigenvalue weighted by Crippen LogP contribution is 2.27. The average Bonchev–Trinajstić information content (AvgIpc) is 2.79. The van der Waals surface area contributed by atoms with E-state index in [1.54, 1.807) is 7.11 Å². The van der Waals surface area contributed by atoms with E-state index < -0.39 is 0 Å². The standard InChI is InChI=1S/C25H29N3O2/c1-18-16-21(30-2)11-12-22(18)27-25(29)14-9-19-6-5-15-28(17-19)24-13-10-20-7-3-4-8-23(20)26-24/h3-4,7-8,10-13,16,19H,5-6,9,14-15,17H2,1-2H3,(H,27,29). The summed E-state index contributed by atoms with van der Waals surface area (Å²) in [6.07, 6.45) is 3.73. The van der Waals surface area contributed by atoms with Gasteiger partial charge in [-0.2, -0.15) is 0 Å². The number of carbonyl (C=O) groups excluding carboxylic acids is 1. The van der Waals surface area contributed by atoms with Gasteiger partial charge in [0.2, 0.25) is 5.91 Å². The lowest BCUT2D eigenvalue weighted by Crippen LogP contribution is -2.36. The number of aryl methyl sites for hydroxylation is 1. The number of anilines is 2. The smallest absolute Gasteiger partial charge is 0.224 e. The number of fused-ring (bicyclic) bond motifs is 1. The molecule has 156 valence electrons. The van der Waals surface area contributed by atoms with Crippen molar-refractivity contribution < 1.29 is 9.53 Å². The molecule has 5 heteroatoms. The third-order valence-corrected chi connectivity index (χ3v) is 5.91. The van der Waals surface area contributed by atoms with Gasteiger partial charge in [-0.3, -0.25) is 4.79 Å². The number of nitrogens with zero attached hydrogens (tertiary/aromatic N) is 2. The molecule has 3 aromatic rings. The van der Waals surface area contributed by atoms with E-state index in [9.17, 15) is 4.79 Å². The molecule has 2 heterocycles. The highest BCUT2D eigenvalue weighted by Gasteiger charge is 2.22. The first-order valence-electron chi connectivity index (χ1n) is 10.7. The van der Waals surface area contributed by atoms with Gasteiger partial charge in [0.1, 0.15) is 11.6 Å². The second-order valence-electron chi connectivity index (χ2n) is 8.08. The summed E-state index contributed by atoms with van der Waals surface area (Å²) in [6.45, 7) is 3.97. The first-order chi connectivity index (χ1) is 14.6. The van der Waals surface area contributed by atoms with E-state index in [0.717, 1.165) is 54.3 Å². The number of para-hydroxylation sites is 1. The van der Waals surface area contributed by atoms with Crippen molar-refractivity contribution in [3.63, 3.8) is 0 Å². The first kappa shape index (κ1) is 20.2. The van der Waals surface area contributed by atoms with Gasteiger partial charge in [0, 0.05) is 30.6 Å². The number of methoxy groups -OCH3 is 1. The number of hydrogen-bond donors (Lipinski definition) is 1. The van der Waals surface area contributed by atoms with Gasteiger partial charge in [0.25, 0.3) is 0 Å². The van der Waals surface area contributed by atoms with Crippen LogP contribution in [0.3, 0.4) is 0 Å². The topological polar surface area (TPSA) is 54.5 Å². The number of nitrogens with one attached hydrogen (secondary N) is 1. The molecular weight excluding hydrogens is 374 g/mol. The fraction of sp³-hybridized carbons (Fsp3) is 0.360. The van der Waals surface area contributed by atoms with Crippen LogP contribution < -0.4 is 15.0 Å². The normalized spacial score (nSPS) is 16.5. The van der Waals surface area contributed by atoms with E-state index in [1.165, 1.54) is 11.8 Å². The third kappa shape index (κ3) is 4.73. The van der Waals surface area contributed by atoms with Crippen LogP contribution in [0.2, 0.25) is 0 Å². The van der Waals surface area contributed by atoms with Crippen molar-refractivity contribution in [2.24, 2.45) is 5.92 Å². The lowest BCUT2D eigenvalue weighted by Gasteiger charge is -2.33. The zero-order chi connectivity index (χ0) is 20.9. The van der Waals surface area contributed by atoms with Crippen molar-refractivity contribution >= 4 is 28.3 Å². The Hall–Kier alpha value is -3.08. The van der Waals surface area contributed by atoms with Gasteiger partial charge in [0.15, 0.2) is 0 Å². The van der Waals surface area contributed by atoms with E-state index in [4.69, 9.17) is 9.72 Å². The quantitative estimate of drug-likeness (QED) is 0.616. The van der Waals surface area contributed by atoms with Crippen LogP contribution in [0, 0.1) is 12.8 Å². The van der Waals surface area contributed by atoms with Gasteiger partial charge in [-0.05, 0) is 74.1 Å². The van der Waals surface area contributed by atoms with Crippen LogP contribution in [-0.2, 0) is 4.79 Å². The predicted molar refractivity (Wildman–Crippen MR) is 122 cm³/mol. The molecule has 4 rings (SSSR count). The first-order valence-corrected chi connectivity index (χ1v) is 10.7. The van der Waals surface area contributed by atoms with E-state index in [1.807, 2.05) is 37.3 Å². The number of pyridine rings is 1. The summed E-state index contributed by atoms with van der Waals surface area (Å²) in [5.74, 6) is 2.42.